The first kappa shape index (κ1) is 16.9. The molecule has 0 atom stereocenters. The Kier molecular flexibility index (Phi) is 6.35. The van der Waals surface area contributed by atoms with Crippen LogP contribution in [0.5, 0.6) is 0 Å². The number of halogens is 1. The van der Waals surface area contributed by atoms with Crippen LogP contribution in [0.3, 0.4) is 0 Å². The molecule has 0 unspecified atom stereocenters. The molecule has 0 aromatic carbocycles. The zero-order valence-electron chi connectivity index (χ0n) is 12.0. The van der Waals surface area contributed by atoms with Gasteiger partial charge in [0.05, 0.1) is 6.34 Å². The summed E-state index contributed by atoms with van der Waals surface area (Å²) >= 11 is 9.12. The number of aromatic nitrogens is 2. The van der Waals surface area contributed by atoms with Crippen LogP contribution >= 0.6 is 34.7 Å². The molecule has 0 saturated carbocycles. The van der Waals surface area contributed by atoms with Crippen LogP contribution in [-0.4, -0.2) is 34.2 Å². The summed E-state index contributed by atoms with van der Waals surface area (Å²) in [5.74, 6) is 0.766. The van der Waals surface area contributed by atoms with E-state index in [0.717, 1.165) is 24.1 Å². The first-order chi connectivity index (χ1) is 10.7. The molecular weight excluding hydrogens is 340 g/mol. The third-order valence-corrected chi connectivity index (χ3v) is 5.01. The molecule has 0 radical (unpaired) electrons. The van der Waals surface area contributed by atoms with Crippen molar-refractivity contribution in [3.63, 3.8) is 0 Å². The van der Waals surface area contributed by atoms with Crippen molar-refractivity contribution in [2.45, 2.75) is 12.8 Å². The van der Waals surface area contributed by atoms with Crippen molar-refractivity contribution in [3.05, 3.63) is 29.7 Å². The van der Waals surface area contributed by atoms with E-state index in [9.17, 15) is 4.79 Å². The molecule has 1 amide bonds. The lowest BCUT2D eigenvalue weighted by Crippen LogP contribution is -2.28. The maximum Gasteiger partial charge on any atom is 0.233 e. The minimum atomic E-state index is -0.146. The van der Waals surface area contributed by atoms with E-state index in [1.165, 1.54) is 16.2 Å². The highest BCUT2D eigenvalue weighted by molar-refractivity contribution is 7.98. The molecule has 8 heteroatoms. The zero-order valence-corrected chi connectivity index (χ0v) is 14.3. The summed E-state index contributed by atoms with van der Waals surface area (Å²) in [5.41, 5.74) is 0.834. The fourth-order valence-electron chi connectivity index (χ4n) is 1.79. The second kappa shape index (κ2) is 8.26. The van der Waals surface area contributed by atoms with Crippen LogP contribution in [-0.2, 0) is 4.79 Å². The number of hydrogen-bond donors (Lipinski definition) is 1. The third kappa shape index (κ3) is 4.06. The summed E-state index contributed by atoms with van der Waals surface area (Å²) in [6.07, 6.45) is 7.52. The second-order valence-electron chi connectivity index (χ2n) is 4.35. The second-order valence-corrected chi connectivity index (χ2v) is 6.67. The van der Waals surface area contributed by atoms with Crippen molar-refractivity contribution >= 4 is 51.9 Å². The predicted octanol–water partition coefficient (Wildman–Crippen LogP) is 3.94. The van der Waals surface area contributed by atoms with Gasteiger partial charge in [-0.05, 0) is 30.6 Å². The Morgan fingerprint density at radius 3 is 3.05 bits per heavy atom. The molecule has 2 rings (SSSR count). The quantitative estimate of drug-likeness (QED) is 0.464. The number of pyridine rings is 1. The Hall–Kier alpha value is -1.44. The van der Waals surface area contributed by atoms with E-state index < -0.39 is 0 Å². The van der Waals surface area contributed by atoms with Gasteiger partial charge in [-0.2, -0.15) is 11.8 Å². The lowest BCUT2D eigenvalue weighted by Gasteiger charge is -2.14. The molecule has 0 spiro atoms. The van der Waals surface area contributed by atoms with Crippen LogP contribution in [0.4, 0.5) is 5.00 Å². The number of rotatable bonds is 7. The van der Waals surface area contributed by atoms with Gasteiger partial charge in [0.25, 0.3) is 0 Å². The Labute approximate surface area is 142 Å². The van der Waals surface area contributed by atoms with Gasteiger partial charge >= 0.3 is 0 Å². The highest BCUT2D eigenvalue weighted by atomic mass is 35.5. The molecule has 0 fully saturated rings. The predicted molar refractivity (Wildman–Crippen MR) is 94.2 cm³/mol. The van der Waals surface area contributed by atoms with Gasteiger partial charge in [-0.3, -0.25) is 20.1 Å². The summed E-state index contributed by atoms with van der Waals surface area (Å²) in [4.78, 5) is 21.8. The maximum atomic E-state index is 12.2. The van der Waals surface area contributed by atoms with Crippen molar-refractivity contribution in [3.8, 4) is 10.6 Å². The Bertz CT molecular complexity index is 648. The number of nitrogens with one attached hydrogen (secondary N) is 1. The standard InChI is InChI=1S/C14H15ClN4OS2/c1-21-7-3-5-11(20)19(9-16)14-12(15)18-13(22-14)10-4-2-6-17-8-10/h2,4,6,8-9,16H,3,5,7H2,1H3. The van der Waals surface area contributed by atoms with E-state index in [0.29, 0.717) is 16.4 Å². The molecule has 2 aromatic rings. The maximum absolute atomic E-state index is 12.2. The van der Waals surface area contributed by atoms with Gasteiger partial charge in [-0.1, -0.05) is 22.9 Å². The summed E-state index contributed by atoms with van der Waals surface area (Å²) in [7, 11) is 0. The lowest BCUT2D eigenvalue weighted by atomic mass is 10.3. The Morgan fingerprint density at radius 2 is 2.41 bits per heavy atom. The van der Waals surface area contributed by atoms with Gasteiger partial charge in [0.2, 0.25) is 5.91 Å². The monoisotopic (exact) mass is 354 g/mol. The molecule has 2 aromatic heterocycles. The number of amides is 1. The minimum Gasteiger partial charge on any atom is -0.291 e. The summed E-state index contributed by atoms with van der Waals surface area (Å²) < 4.78 is 0. The molecule has 22 heavy (non-hydrogen) atoms. The molecule has 0 aliphatic carbocycles. The average Bonchev–Trinajstić information content (AvgIpc) is 2.91. The zero-order chi connectivity index (χ0) is 15.9. The van der Waals surface area contributed by atoms with E-state index in [4.69, 9.17) is 17.0 Å². The largest absolute Gasteiger partial charge is 0.291 e. The molecule has 0 saturated heterocycles. The first-order valence-electron chi connectivity index (χ1n) is 6.55. The van der Waals surface area contributed by atoms with Gasteiger partial charge < -0.3 is 0 Å². The number of carbonyl (C=O) groups excluding carboxylic acids is 1. The third-order valence-electron chi connectivity index (χ3n) is 2.83. The highest BCUT2D eigenvalue weighted by Gasteiger charge is 2.21. The summed E-state index contributed by atoms with van der Waals surface area (Å²) in [5, 5.41) is 8.88. The smallest absolute Gasteiger partial charge is 0.233 e. The van der Waals surface area contributed by atoms with E-state index in [-0.39, 0.29) is 11.1 Å². The van der Waals surface area contributed by atoms with E-state index in [1.54, 1.807) is 24.2 Å². The topological polar surface area (TPSA) is 69.9 Å². The van der Waals surface area contributed by atoms with Crippen molar-refractivity contribution < 1.29 is 4.79 Å². The number of carbonyl (C=O) groups is 1. The number of thioether (sulfide) groups is 1. The van der Waals surface area contributed by atoms with E-state index >= 15 is 0 Å². The van der Waals surface area contributed by atoms with Crippen molar-refractivity contribution in [2.75, 3.05) is 16.9 Å². The highest BCUT2D eigenvalue weighted by Crippen LogP contribution is 2.37. The van der Waals surface area contributed by atoms with Crippen LogP contribution < -0.4 is 4.90 Å². The van der Waals surface area contributed by atoms with Gasteiger partial charge in [0.1, 0.15) is 10.0 Å². The Balaban J connectivity index is 2.21. The summed E-state index contributed by atoms with van der Waals surface area (Å²) in [6, 6.07) is 3.69. The van der Waals surface area contributed by atoms with E-state index in [2.05, 4.69) is 9.97 Å². The summed E-state index contributed by atoms with van der Waals surface area (Å²) in [6.45, 7) is 0. The van der Waals surface area contributed by atoms with Gasteiger partial charge in [-0.15, -0.1) is 0 Å². The number of hydrogen-bond acceptors (Lipinski definition) is 6. The molecular formula is C14H15ClN4OS2. The molecule has 5 nitrogen and oxygen atoms in total. The van der Waals surface area contributed by atoms with E-state index in [1.807, 2.05) is 18.4 Å². The molecule has 0 aliphatic rings. The van der Waals surface area contributed by atoms with Crippen LogP contribution in [0.1, 0.15) is 12.8 Å². The molecule has 1 N–H and O–H groups in total. The van der Waals surface area contributed by atoms with Crippen LogP contribution in [0.15, 0.2) is 24.5 Å². The van der Waals surface area contributed by atoms with Gasteiger partial charge in [0.15, 0.2) is 5.15 Å². The molecule has 0 bridgehead atoms. The molecule has 0 aliphatic heterocycles. The average molecular weight is 355 g/mol. The van der Waals surface area contributed by atoms with Gasteiger partial charge in [0, 0.05) is 24.4 Å². The van der Waals surface area contributed by atoms with Crippen molar-refractivity contribution in [1.29, 1.82) is 5.41 Å². The lowest BCUT2D eigenvalue weighted by molar-refractivity contribution is -0.117. The van der Waals surface area contributed by atoms with Crippen molar-refractivity contribution in [2.24, 2.45) is 0 Å². The van der Waals surface area contributed by atoms with Gasteiger partial charge in [-0.25, -0.2) is 4.98 Å². The first-order valence-corrected chi connectivity index (χ1v) is 9.14. The Morgan fingerprint density at radius 1 is 1.59 bits per heavy atom. The molecule has 2 heterocycles. The van der Waals surface area contributed by atoms with Crippen LogP contribution in [0, 0.1) is 5.41 Å². The number of nitrogens with zero attached hydrogens (tertiary/aromatic N) is 3. The minimum absolute atomic E-state index is 0.146. The van der Waals surface area contributed by atoms with Crippen LogP contribution in [0.2, 0.25) is 5.15 Å². The SMILES string of the molecule is CSCCCC(=O)N(C=N)c1sc(-c2cccnc2)nc1Cl. The normalized spacial score (nSPS) is 10.5. The van der Waals surface area contributed by atoms with Crippen molar-refractivity contribution in [1.82, 2.24) is 9.97 Å². The fourth-order valence-corrected chi connectivity index (χ4v) is 3.50. The fraction of sp³-hybridized carbons (Fsp3) is 0.286. The number of anilines is 1. The number of thiazole rings is 1. The molecule has 116 valence electrons. The van der Waals surface area contributed by atoms with Crippen LogP contribution in [0.25, 0.3) is 10.6 Å².